The summed E-state index contributed by atoms with van der Waals surface area (Å²) in [4.78, 5) is 18.2. The fourth-order valence-electron chi connectivity index (χ4n) is 2.27. The minimum Gasteiger partial charge on any atom is -0.497 e. The van der Waals surface area contributed by atoms with Crippen LogP contribution in [0.3, 0.4) is 0 Å². The molecule has 1 aromatic carbocycles. The first-order chi connectivity index (χ1) is 8.78. The van der Waals surface area contributed by atoms with Crippen LogP contribution < -0.4 is 4.74 Å². The van der Waals surface area contributed by atoms with Crippen LogP contribution in [-0.4, -0.2) is 30.3 Å². The average molecular weight is 242 g/mol. The third-order valence-corrected chi connectivity index (χ3v) is 3.23. The highest BCUT2D eigenvalue weighted by Crippen LogP contribution is 2.25. The van der Waals surface area contributed by atoms with Crippen molar-refractivity contribution in [3.05, 3.63) is 35.5 Å². The second-order valence-corrected chi connectivity index (χ2v) is 4.39. The minimum absolute atomic E-state index is 0.0262. The van der Waals surface area contributed by atoms with Gasteiger partial charge in [0, 0.05) is 13.0 Å². The summed E-state index contributed by atoms with van der Waals surface area (Å²) in [5.74, 6) is 1.75. The zero-order valence-corrected chi connectivity index (χ0v) is 10.2. The lowest BCUT2D eigenvalue weighted by Gasteiger charge is -2.07. The monoisotopic (exact) mass is 242 g/mol. The first-order valence-electron chi connectivity index (χ1n) is 6.03. The number of nitrogens with zero attached hydrogens (tertiary/aromatic N) is 2. The Labute approximate surface area is 106 Å². The average Bonchev–Trinajstić information content (AvgIpc) is 2.95. The van der Waals surface area contributed by atoms with E-state index < -0.39 is 0 Å². The highest BCUT2D eigenvalue weighted by molar-refractivity contribution is 6.15. The largest absolute Gasteiger partial charge is 0.497 e. The summed E-state index contributed by atoms with van der Waals surface area (Å²) >= 11 is 0. The van der Waals surface area contributed by atoms with E-state index in [1.165, 1.54) is 0 Å². The molecule has 1 aromatic rings. The molecular formula is C14H14N2O2. The third kappa shape index (κ3) is 1.79. The molecule has 0 spiro atoms. The summed E-state index contributed by atoms with van der Waals surface area (Å²) in [6, 6.07) is 7.59. The normalized spacial score (nSPS) is 20.3. The number of fused-ring (bicyclic) bond motifs is 1. The van der Waals surface area contributed by atoms with Crippen LogP contribution in [0.25, 0.3) is 6.08 Å². The van der Waals surface area contributed by atoms with Gasteiger partial charge in [-0.3, -0.25) is 9.69 Å². The fraction of sp³-hybridized carbons (Fsp3) is 0.286. The van der Waals surface area contributed by atoms with Crippen LogP contribution in [0.1, 0.15) is 18.4 Å². The number of hydrogen-bond acceptors (Lipinski definition) is 3. The molecule has 0 unspecified atom stereocenters. The number of amidine groups is 1. The molecule has 1 saturated heterocycles. The summed E-state index contributed by atoms with van der Waals surface area (Å²) in [5, 5.41) is 0. The molecule has 0 atom stereocenters. The molecular weight excluding hydrogens is 228 g/mol. The predicted octanol–water partition coefficient (Wildman–Crippen LogP) is 2.07. The zero-order valence-electron chi connectivity index (χ0n) is 10.2. The minimum atomic E-state index is 0.0262. The molecule has 0 aliphatic carbocycles. The number of methoxy groups -OCH3 is 1. The number of carbonyl (C=O) groups is 1. The van der Waals surface area contributed by atoms with Crippen molar-refractivity contribution in [1.82, 2.24) is 4.90 Å². The van der Waals surface area contributed by atoms with Gasteiger partial charge in [0.25, 0.3) is 5.91 Å². The lowest BCUT2D eigenvalue weighted by Crippen LogP contribution is -2.26. The van der Waals surface area contributed by atoms with E-state index in [0.717, 1.165) is 36.5 Å². The zero-order chi connectivity index (χ0) is 12.5. The number of rotatable bonds is 2. The van der Waals surface area contributed by atoms with Gasteiger partial charge in [0.15, 0.2) is 0 Å². The molecule has 1 fully saturated rings. The molecule has 92 valence electrons. The summed E-state index contributed by atoms with van der Waals surface area (Å²) in [5.41, 5.74) is 1.50. The molecule has 2 aliphatic rings. The van der Waals surface area contributed by atoms with Crippen molar-refractivity contribution in [1.29, 1.82) is 0 Å². The topological polar surface area (TPSA) is 41.9 Å². The number of ether oxygens (including phenoxy) is 1. The third-order valence-electron chi connectivity index (χ3n) is 3.23. The van der Waals surface area contributed by atoms with Gasteiger partial charge in [0.2, 0.25) is 0 Å². The predicted molar refractivity (Wildman–Crippen MR) is 69.4 cm³/mol. The Kier molecular flexibility index (Phi) is 2.63. The van der Waals surface area contributed by atoms with Crippen molar-refractivity contribution >= 4 is 17.8 Å². The Balaban J connectivity index is 1.88. The number of aliphatic imine (C=N–C) groups is 1. The first kappa shape index (κ1) is 11.0. The summed E-state index contributed by atoms with van der Waals surface area (Å²) in [7, 11) is 1.63. The Morgan fingerprint density at radius 1 is 1.33 bits per heavy atom. The highest BCUT2D eigenvalue weighted by Gasteiger charge is 2.32. The van der Waals surface area contributed by atoms with Crippen LogP contribution in [-0.2, 0) is 4.79 Å². The van der Waals surface area contributed by atoms with Crippen molar-refractivity contribution in [2.75, 3.05) is 13.7 Å². The van der Waals surface area contributed by atoms with E-state index in [4.69, 9.17) is 4.74 Å². The molecule has 4 heteroatoms. The fourth-order valence-corrected chi connectivity index (χ4v) is 2.27. The van der Waals surface area contributed by atoms with E-state index in [-0.39, 0.29) is 5.91 Å². The number of carbonyl (C=O) groups excluding carboxylic acids is 1. The number of hydrogen-bond donors (Lipinski definition) is 0. The Hall–Kier alpha value is -2.10. The molecule has 0 radical (unpaired) electrons. The van der Waals surface area contributed by atoms with Gasteiger partial charge in [0.1, 0.15) is 17.3 Å². The molecule has 0 saturated carbocycles. The van der Waals surface area contributed by atoms with Crippen LogP contribution in [0.2, 0.25) is 0 Å². The number of benzene rings is 1. The molecule has 0 N–H and O–H groups in total. The smallest absolute Gasteiger partial charge is 0.277 e. The lowest BCUT2D eigenvalue weighted by molar-refractivity contribution is -0.122. The number of amides is 1. The Morgan fingerprint density at radius 3 is 2.78 bits per heavy atom. The van der Waals surface area contributed by atoms with E-state index in [1.807, 2.05) is 30.3 Å². The molecule has 2 heterocycles. The maximum absolute atomic E-state index is 12.0. The van der Waals surface area contributed by atoms with Crippen molar-refractivity contribution in [3.8, 4) is 5.75 Å². The van der Waals surface area contributed by atoms with E-state index in [9.17, 15) is 4.79 Å². The maximum Gasteiger partial charge on any atom is 0.277 e. The second-order valence-electron chi connectivity index (χ2n) is 4.39. The van der Waals surface area contributed by atoms with E-state index in [2.05, 4.69) is 4.99 Å². The van der Waals surface area contributed by atoms with Gasteiger partial charge in [-0.1, -0.05) is 12.1 Å². The maximum atomic E-state index is 12.0. The highest BCUT2D eigenvalue weighted by atomic mass is 16.5. The van der Waals surface area contributed by atoms with Gasteiger partial charge in [0.05, 0.1) is 7.11 Å². The molecule has 3 rings (SSSR count). The van der Waals surface area contributed by atoms with Crippen LogP contribution in [0.5, 0.6) is 5.75 Å². The van der Waals surface area contributed by atoms with Crippen molar-refractivity contribution in [2.45, 2.75) is 12.8 Å². The summed E-state index contributed by atoms with van der Waals surface area (Å²) in [6.07, 6.45) is 3.76. The standard InChI is InChI=1S/C14H14N2O2/c1-18-11-6-4-10(5-7-11)9-12-14(17)16-8-2-3-13(16)15-12/h4-7,9H,2-3,8H2,1H3/b12-9+. The van der Waals surface area contributed by atoms with Gasteiger partial charge in [-0.25, -0.2) is 4.99 Å². The summed E-state index contributed by atoms with van der Waals surface area (Å²) < 4.78 is 5.10. The molecule has 18 heavy (non-hydrogen) atoms. The van der Waals surface area contributed by atoms with Crippen molar-refractivity contribution in [3.63, 3.8) is 0 Å². The Bertz CT molecular complexity index is 543. The molecule has 1 amide bonds. The molecule has 4 nitrogen and oxygen atoms in total. The quantitative estimate of drug-likeness (QED) is 0.745. The lowest BCUT2D eigenvalue weighted by atomic mass is 10.2. The van der Waals surface area contributed by atoms with Crippen molar-refractivity contribution < 1.29 is 9.53 Å². The van der Waals surface area contributed by atoms with E-state index >= 15 is 0 Å². The van der Waals surface area contributed by atoms with E-state index in [0.29, 0.717) is 5.70 Å². The van der Waals surface area contributed by atoms with Gasteiger partial charge in [-0.2, -0.15) is 0 Å². The van der Waals surface area contributed by atoms with Crippen LogP contribution in [0, 0.1) is 0 Å². The van der Waals surface area contributed by atoms with E-state index in [1.54, 1.807) is 12.0 Å². The van der Waals surface area contributed by atoms with Crippen molar-refractivity contribution in [2.24, 2.45) is 4.99 Å². The van der Waals surface area contributed by atoms with Gasteiger partial charge in [-0.15, -0.1) is 0 Å². The first-order valence-corrected chi connectivity index (χ1v) is 6.03. The van der Waals surface area contributed by atoms with Gasteiger partial charge < -0.3 is 4.74 Å². The van der Waals surface area contributed by atoms with Crippen LogP contribution in [0.15, 0.2) is 35.0 Å². The Morgan fingerprint density at radius 2 is 2.11 bits per heavy atom. The van der Waals surface area contributed by atoms with Gasteiger partial charge >= 0.3 is 0 Å². The summed E-state index contributed by atoms with van der Waals surface area (Å²) in [6.45, 7) is 0.803. The molecule has 0 bridgehead atoms. The van der Waals surface area contributed by atoms with Crippen LogP contribution >= 0.6 is 0 Å². The molecule has 0 aromatic heterocycles. The SMILES string of the molecule is COc1ccc(/C=C2/N=C3CCCN3C2=O)cc1. The van der Waals surface area contributed by atoms with Gasteiger partial charge in [-0.05, 0) is 30.2 Å². The van der Waals surface area contributed by atoms with Crippen LogP contribution in [0.4, 0.5) is 0 Å². The second kappa shape index (κ2) is 4.29. The molecule has 2 aliphatic heterocycles.